The number of hydrogen-bond acceptors (Lipinski definition) is 6. The maximum absolute atomic E-state index is 12.6. The molecular weight excluding hydrogens is 384 g/mol. The van der Waals surface area contributed by atoms with Gasteiger partial charge in [-0.15, -0.1) is 0 Å². The second-order valence-corrected chi connectivity index (χ2v) is 6.65. The van der Waals surface area contributed by atoms with Crippen LogP contribution >= 0.6 is 0 Å². The number of carbonyl (C=O) groups is 1. The summed E-state index contributed by atoms with van der Waals surface area (Å²) >= 11 is 0. The van der Waals surface area contributed by atoms with Crippen LogP contribution in [0.15, 0.2) is 47.4 Å². The number of nitrogens with zero attached hydrogens (tertiary/aromatic N) is 2. The predicted octanol–water partition coefficient (Wildman–Crippen LogP) is 3.16. The molecule has 0 aliphatic rings. The molecular formula is C22H28N4O4. The zero-order valence-electron chi connectivity index (χ0n) is 17.5. The molecule has 8 heteroatoms. The van der Waals surface area contributed by atoms with Crippen LogP contribution in [0.1, 0.15) is 36.2 Å². The fourth-order valence-corrected chi connectivity index (χ4v) is 2.86. The molecule has 0 amide bonds. The average molecular weight is 412 g/mol. The highest BCUT2D eigenvalue weighted by Gasteiger charge is 2.17. The fraction of sp³-hybridized carbons (Fsp3) is 0.318. The van der Waals surface area contributed by atoms with Gasteiger partial charge in [-0.05, 0) is 11.6 Å². The van der Waals surface area contributed by atoms with Gasteiger partial charge in [0.25, 0.3) is 0 Å². The molecule has 160 valence electrons. The van der Waals surface area contributed by atoms with Crippen molar-refractivity contribution in [3.8, 4) is 0 Å². The number of aliphatic hydroxyl groups is 1. The second-order valence-electron chi connectivity index (χ2n) is 6.65. The summed E-state index contributed by atoms with van der Waals surface area (Å²) in [5.74, 6) is -0.794. The normalized spacial score (nSPS) is 10.3. The van der Waals surface area contributed by atoms with Crippen LogP contribution in [0.3, 0.4) is 0 Å². The van der Waals surface area contributed by atoms with Crippen molar-refractivity contribution in [2.75, 3.05) is 24.3 Å². The number of fused-ring (bicyclic) bond motifs is 1. The Labute approximate surface area is 175 Å². The van der Waals surface area contributed by atoms with Crippen LogP contribution in [-0.2, 0) is 13.1 Å². The number of nitrogens with one attached hydrogen (secondary N) is 2. The zero-order chi connectivity index (χ0) is 22.1. The molecule has 0 aliphatic carbocycles. The molecule has 0 unspecified atom stereocenters. The van der Waals surface area contributed by atoms with Gasteiger partial charge >= 0.3 is 5.97 Å². The summed E-state index contributed by atoms with van der Waals surface area (Å²) in [6, 6.07) is 11.3. The maximum atomic E-state index is 12.6. The van der Waals surface area contributed by atoms with E-state index in [1.54, 1.807) is 13.1 Å². The van der Waals surface area contributed by atoms with Crippen molar-refractivity contribution < 1.29 is 15.0 Å². The lowest BCUT2D eigenvalue weighted by Crippen LogP contribution is -2.21. The van der Waals surface area contributed by atoms with Crippen molar-refractivity contribution in [3.63, 3.8) is 0 Å². The minimum Gasteiger partial charge on any atom is -0.477 e. The number of benzene rings is 1. The van der Waals surface area contributed by atoms with E-state index < -0.39 is 11.4 Å². The lowest BCUT2D eigenvalue weighted by Gasteiger charge is -2.15. The van der Waals surface area contributed by atoms with Crippen LogP contribution in [0.5, 0.6) is 0 Å². The first-order valence-electron chi connectivity index (χ1n) is 9.84. The number of carboxylic acids is 1. The molecule has 2 heterocycles. The second kappa shape index (κ2) is 11.0. The van der Waals surface area contributed by atoms with E-state index in [9.17, 15) is 19.8 Å². The first-order valence-corrected chi connectivity index (χ1v) is 9.84. The quantitative estimate of drug-likeness (QED) is 0.471. The number of rotatable bonds is 7. The Morgan fingerprint density at radius 2 is 1.87 bits per heavy atom. The first kappa shape index (κ1) is 22.9. The van der Waals surface area contributed by atoms with Crippen molar-refractivity contribution in [2.24, 2.45) is 0 Å². The highest BCUT2D eigenvalue weighted by atomic mass is 16.4. The van der Waals surface area contributed by atoms with Crippen molar-refractivity contribution in [2.45, 2.75) is 33.4 Å². The van der Waals surface area contributed by atoms with Gasteiger partial charge < -0.3 is 25.4 Å². The Bertz CT molecular complexity index is 1050. The molecule has 1 aromatic carbocycles. The van der Waals surface area contributed by atoms with E-state index in [1.165, 1.54) is 17.2 Å². The molecule has 0 aliphatic heterocycles. The van der Waals surface area contributed by atoms with Gasteiger partial charge in [0.15, 0.2) is 5.82 Å². The van der Waals surface area contributed by atoms with E-state index in [0.29, 0.717) is 23.7 Å². The number of pyridine rings is 2. The molecule has 0 fully saturated rings. The lowest BCUT2D eigenvalue weighted by atomic mass is 10.1. The number of anilines is 2. The minimum absolute atomic E-state index is 0.129. The first-order chi connectivity index (χ1) is 14.5. The number of aromatic carboxylic acids is 1. The third kappa shape index (κ3) is 5.36. The van der Waals surface area contributed by atoms with Gasteiger partial charge in [-0.1, -0.05) is 50.6 Å². The SMILES string of the molecule is CCC.CNc1nc2c(cc1NCc1ccccc1)c(=O)c(C(=O)O)cn2CCO. The number of carboxylic acid groups (broad SMARTS) is 1. The van der Waals surface area contributed by atoms with Crippen LogP contribution in [-0.4, -0.2) is 39.4 Å². The number of hydrogen-bond donors (Lipinski definition) is 4. The van der Waals surface area contributed by atoms with Gasteiger partial charge in [0.1, 0.15) is 11.2 Å². The Kier molecular flexibility index (Phi) is 8.37. The average Bonchev–Trinajstić information content (AvgIpc) is 2.75. The molecule has 30 heavy (non-hydrogen) atoms. The molecule has 4 N–H and O–H groups in total. The Morgan fingerprint density at radius 1 is 1.20 bits per heavy atom. The lowest BCUT2D eigenvalue weighted by molar-refractivity contribution is 0.0694. The Hall–Kier alpha value is -3.39. The highest BCUT2D eigenvalue weighted by Crippen LogP contribution is 2.24. The molecule has 3 aromatic rings. The highest BCUT2D eigenvalue weighted by molar-refractivity contribution is 5.93. The fourth-order valence-electron chi connectivity index (χ4n) is 2.86. The van der Waals surface area contributed by atoms with Crippen molar-refractivity contribution in [1.29, 1.82) is 0 Å². The van der Waals surface area contributed by atoms with E-state index in [1.807, 2.05) is 30.3 Å². The molecule has 0 saturated carbocycles. The smallest absolute Gasteiger partial charge is 0.341 e. The Morgan fingerprint density at radius 3 is 2.43 bits per heavy atom. The van der Waals surface area contributed by atoms with Crippen LogP contribution in [0.4, 0.5) is 11.5 Å². The molecule has 0 saturated heterocycles. The number of aliphatic hydroxyl groups excluding tert-OH is 1. The van der Waals surface area contributed by atoms with E-state index in [4.69, 9.17) is 0 Å². The van der Waals surface area contributed by atoms with Crippen molar-refractivity contribution in [1.82, 2.24) is 9.55 Å². The molecule has 0 spiro atoms. The van der Waals surface area contributed by atoms with Gasteiger partial charge in [-0.2, -0.15) is 0 Å². The van der Waals surface area contributed by atoms with Gasteiger partial charge in [-0.25, -0.2) is 9.78 Å². The zero-order valence-corrected chi connectivity index (χ0v) is 17.5. The molecule has 0 radical (unpaired) electrons. The van der Waals surface area contributed by atoms with Crippen LogP contribution in [0.2, 0.25) is 0 Å². The third-order valence-corrected chi connectivity index (χ3v) is 4.18. The molecule has 3 rings (SSSR count). The summed E-state index contributed by atoms with van der Waals surface area (Å²) in [7, 11) is 1.71. The summed E-state index contributed by atoms with van der Waals surface area (Å²) in [6.07, 6.45) is 2.47. The van der Waals surface area contributed by atoms with Gasteiger partial charge in [0, 0.05) is 26.3 Å². The summed E-state index contributed by atoms with van der Waals surface area (Å²) in [5.41, 5.74) is 0.989. The molecule has 2 aromatic heterocycles. The van der Waals surface area contributed by atoms with Gasteiger partial charge in [0.2, 0.25) is 5.43 Å². The summed E-state index contributed by atoms with van der Waals surface area (Å²) in [4.78, 5) is 28.5. The molecule has 8 nitrogen and oxygen atoms in total. The van der Waals surface area contributed by atoms with Crippen LogP contribution in [0, 0.1) is 0 Å². The monoisotopic (exact) mass is 412 g/mol. The maximum Gasteiger partial charge on any atom is 0.341 e. The van der Waals surface area contributed by atoms with Gasteiger partial charge in [-0.3, -0.25) is 4.79 Å². The topological polar surface area (TPSA) is 116 Å². The summed E-state index contributed by atoms with van der Waals surface area (Å²) in [5, 5.41) is 25.0. The Balaban J connectivity index is 0.00000101. The van der Waals surface area contributed by atoms with Crippen LogP contribution in [0.25, 0.3) is 11.0 Å². The third-order valence-electron chi connectivity index (χ3n) is 4.18. The van der Waals surface area contributed by atoms with Crippen LogP contribution < -0.4 is 16.1 Å². The van der Waals surface area contributed by atoms with E-state index in [-0.39, 0.29) is 24.1 Å². The minimum atomic E-state index is -1.31. The van der Waals surface area contributed by atoms with Gasteiger partial charge in [0.05, 0.1) is 17.7 Å². The largest absolute Gasteiger partial charge is 0.477 e. The van der Waals surface area contributed by atoms with E-state index in [2.05, 4.69) is 29.5 Å². The van der Waals surface area contributed by atoms with E-state index in [0.717, 1.165) is 5.56 Å². The predicted molar refractivity (Wildman–Crippen MR) is 119 cm³/mol. The number of aromatic nitrogens is 2. The van der Waals surface area contributed by atoms with Crippen molar-refractivity contribution in [3.05, 3.63) is 63.9 Å². The standard InChI is InChI=1S/C19H20N4O4.C3H8/c1-20-17-15(21-10-12-5-3-2-4-6-12)9-13-16(25)14(19(26)27)11-23(7-8-24)18(13)22-17;1-3-2/h2-6,9,11,21,24H,7-8,10H2,1H3,(H,20,22)(H,26,27);3H2,1-2H3. The molecule has 0 atom stereocenters. The summed E-state index contributed by atoms with van der Waals surface area (Å²) in [6.45, 7) is 4.69. The molecule has 0 bridgehead atoms. The van der Waals surface area contributed by atoms with E-state index >= 15 is 0 Å². The summed E-state index contributed by atoms with van der Waals surface area (Å²) < 4.78 is 1.47. The van der Waals surface area contributed by atoms with Crippen molar-refractivity contribution >= 4 is 28.5 Å².